The van der Waals surface area contributed by atoms with Crippen molar-refractivity contribution in [1.29, 1.82) is 0 Å². The number of furan rings is 1. The zero-order valence-electron chi connectivity index (χ0n) is 10.7. The van der Waals surface area contributed by atoms with Crippen molar-refractivity contribution in [2.24, 2.45) is 0 Å². The van der Waals surface area contributed by atoms with Crippen LogP contribution in [0.15, 0.2) is 25.6 Å². The molecular formula is C12H14BrN3O4. The van der Waals surface area contributed by atoms with Crippen molar-refractivity contribution >= 4 is 15.9 Å². The van der Waals surface area contributed by atoms with E-state index >= 15 is 0 Å². The van der Waals surface area contributed by atoms with Gasteiger partial charge in [-0.3, -0.25) is 4.90 Å². The Kier molecular flexibility index (Phi) is 4.16. The van der Waals surface area contributed by atoms with E-state index < -0.39 is 0 Å². The second-order valence-electron chi connectivity index (χ2n) is 4.49. The Morgan fingerprint density at radius 2 is 2.25 bits per heavy atom. The van der Waals surface area contributed by atoms with Crippen molar-refractivity contribution in [1.82, 2.24) is 15.1 Å². The highest BCUT2D eigenvalue weighted by Crippen LogP contribution is 2.24. The first-order chi connectivity index (χ1) is 9.76. The third-order valence-corrected chi connectivity index (χ3v) is 3.58. The van der Waals surface area contributed by atoms with Crippen LogP contribution in [0.2, 0.25) is 0 Å². The van der Waals surface area contributed by atoms with Crippen LogP contribution < -0.4 is 0 Å². The van der Waals surface area contributed by atoms with E-state index in [4.69, 9.17) is 13.6 Å². The summed E-state index contributed by atoms with van der Waals surface area (Å²) in [4.78, 5) is 2.07. The summed E-state index contributed by atoms with van der Waals surface area (Å²) < 4.78 is 16.9. The fourth-order valence-electron chi connectivity index (χ4n) is 2.09. The number of rotatable bonds is 4. The predicted molar refractivity (Wildman–Crippen MR) is 71.8 cm³/mol. The number of aliphatic hydroxyl groups is 1. The normalized spacial score (nSPS) is 20.4. The molecule has 108 valence electrons. The topological polar surface area (TPSA) is 84.8 Å². The molecule has 7 nitrogen and oxygen atoms in total. The van der Waals surface area contributed by atoms with Crippen molar-refractivity contribution in [3.8, 4) is 11.7 Å². The fourth-order valence-corrected chi connectivity index (χ4v) is 2.39. The molecule has 3 rings (SSSR count). The lowest BCUT2D eigenvalue weighted by molar-refractivity contribution is -0.0342. The highest BCUT2D eigenvalue weighted by atomic mass is 79.9. The number of ether oxygens (including phenoxy) is 1. The van der Waals surface area contributed by atoms with Crippen molar-refractivity contribution in [3.63, 3.8) is 0 Å². The molecule has 0 saturated carbocycles. The zero-order chi connectivity index (χ0) is 13.9. The molecule has 0 aliphatic carbocycles. The van der Waals surface area contributed by atoms with Gasteiger partial charge in [0.15, 0.2) is 10.4 Å². The van der Waals surface area contributed by atoms with Gasteiger partial charge in [0.25, 0.3) is 5.89 Å². The zero-order valence-corrected chi connectivity index (χ0v) is 12.2. The van der Waals surface area contributed by atoms with Crippen LogP contribution in [0.25, 0.3) is 11.7 Å². The summed E-state index contributed by atoms with van der Waals surface area (Å²) in [5, 5.41) is 17.3. The van der Waals surface area contributed by atoms with Crippen LogP contribution in [-0.4, -0.2) is 52.6 Å². The number of halogens is 1. The first-order valence-electron chi connectivity index (χ1n) is 6.27. The van der Waals surface area contributed by atoms with Crippen molar-refractivity contribution in [2.45, 2.75) is 12.6 Å². The lowest BCUT2D eigenvalue weighted by atomic mass is 10.2. The standard InChI is InChI=1S/C12H14BrN3O4/c13-10-2-1-9(19-10)12-15-14-11(20-12)5-16-3-4-18-7-8(16)6-17/h1-2,8,17H,3-7H2. The molecule has 8 heteroatoms. The first-order valence-corrected chi connectivity index (χ1v) is 7.06. The minimum absolute atomic E-state index is 0.0307. The van der Waals surface area contributed by atoms with Crippen LogP contribution >= 0.6 is 15.9 Å². The van der Waals surface area contributed by atoms with Crippen LogP contribution in [-0.2, 0) is 11.3 Å². The van der Waals surface area contributed by atoms with Gasteiger partial charge in [0.2, 0.25) is 5.89 Å². The SMILES string of the molecule is OCC1COCCN1Cc1nnc(-c2ccc(Br)o2)o1. The average Bonchev–Trinajstić information content (AvgIpc) is 3.08. The molecule has 0 radical (unpaired) electrons. The molecule has 0 amide bonds. The second-order valence-corrected chi connectivity index (χ2v) is 5.27. The summed E-state index contributed by atoms with van der Waals surface area (Å²) >= 11 is 3.23. The van der Waals surface area contributed by atoms with Gasteiger partial charge in [-0.05, 0) is 28.1 Å². The molecule has 2 aromatic heterocycles. The molecule has 1 unspecified atom stereocenters. The number of aromatic nitrogens is 2. The van der Waals surface area contributed by atoms with E-state index in [1.54, 1.807) is 12.1 Å². The Labute approximate surface area is 123 Å². The lowest BCUT2D eigenvalue weighted by Gasteiger charge is -2.33. The van der Waals surface area contributed by atoms with E-state index in [0.717, 1.165) is 6.54 Å². The molecular weight excluding hydrogens is 330 g/mol. The highest BCUT2D eigenvalue weighted by molar-refractivity contribution is 9.10. The van der Waals surface area contributed by atoms with Gasteiger partial charge in [-0.15, -0.1) is 10.2 Å². The average molecular weight is 344 g/mol. The van der Waals surface area contributed by atoms with E-state index in [0.29, 0.717) is 42.0 Å². The smallest absolute Gasteiger partial charge is 0.283 e. The fraction of sp³-hybridized carbons (Fsp3) is 0.500. The van der Waals surface area contributed by atoms with Gasteiger partial charge >= 0.3 is 0 Å². The molecule has 20 heavy (non-hydrogen) atoms. The summed E-state index contributed by atoms with van der Waals surface area (Å²) in [6, 6.07) is 3.49. The molecule has 0 bridgehead atoms. The molecule has 0 aromatic carbocycles. The van der Waals surface area contributed by atoms with Gasteiger partial charge in [-0.1, -0.05) is 0 Å². The van der Waals surface area contributed by atoms with E-state index in [1.165, 1.54) is 0 Å². The van der Waals surface area contributed by atoms with Crippen molar-refractivity contribution in [3.05, 3.63) is 22.7 Å². The van der Waals surface area contributed by atoms with E-state index in [1.807, 2.05) is 0 Å². The lowest BCUT2D eigenvalue weighted by Crippen LogP contribution is -2.46. The Hall–Kier alpha value is -1.22. The van der Waals surface area contributed by atoms with E-state index in [2.05, 4.69) is 31.0 Å². The van der Waals surface area contributed by atoms with Crippen molar-refractivity contribution < 1.29 is 18.7 Å². The van der Waals surface area contributed by atoms with Crippen LogP contribution in [0.3, 0.4) is 0 Å². The molecule has 3 heterocycles. The number of hydrogen-bond acceptors (Lipinski definition) is 7. The van der Waals surface area contributed by atoms with Crippen molar-refractivity contribution in [2.75, 3.05) is 26.4 Å². The van der Waals surface area contributed by atoms with Gasteiger partial charge in [-0.25, -0.2) is 0 Å². The van der Waals surface area contributed by atoms with Crippen LogP contribution in [0, 0.1) is 0 Å². The maximum atomic E-state index is 9.32. The third-order valence-electron chi connectivity index (χ3n) is 3.15. The molecule has 0 spiro atoms. The van der Waals surface area contributed by atoms with Gasteiger partial charge in [-0.2, -0.15) is 0 Å². The maximum absolute atomic E-state index is 9.32. The minimum Gasteiger partial charge on any atom is -0.444 e. The Balaban J connectivity index is 1.70. The predicted octanol–water partition coefficient (Wildman–Crippen LogP) is 1.29. The summed E-state index contributed by atoms with van der Waals surface area (Å²) in [5.74, 6) is 1.36. The summed E-state index contributed by atoms with van der Waals surface area (Å²) in [7, 11) is 0. The summed E-state index contributed by atoms with van der Waals surface area (Å²) in [5.41, 5.74) is 0. The Morgan fingerprint density at radius 1 is 1.35 bits per heavy atom. The van der Waals surface area contributed by atoms with E-state index in [9.17, 15) is 5.11 Å². The number of morpholine rings is 1. The minimum atomic E-state index is -0.0307. The first kappa shape index (κ1) is 13.7. The summed E-state index contributed by atoms with van der Waals surface area (Å²) in [6.45, 7) is 2.43. The molecule has 1 fully saturated rings. The van der Waals surface area contributed by atoms with Gasteiger partial charge in [0, 0.05) is 6.54 Å². The summed E-state index contributed by atoms with van der Waals surface area (Å²) in [6.07, 6.45) is 0. The molecule has 1 aliphatic rings. The van der Waals surface area contributed by atoms with Gasteiger partial charge in [0.1, 0.15) is 0 Å². The molecule has 2 aromatic rings. The largest absolute Gasteiger partial charge is 0.444 e. The molecule has 1 aliphatic heterocycles. The Morgan fingerprint density at radius 3 is 3.00 bits per heavy atom. The molecule has 1 atom stereocenters. The number of aliphatic hydroxyl groups excluding tert-OH is 1. The molecule has 1 N–H and O–H groups in total. The van der Waals surface area contributed by atoms with Crippen LogP contribution in [0.5, 0.6) is 0 Å². The highest BCUT2D eigenvalue weighted by Gasteiger charge is 2.24. The quantitative estimate of drug-likeness (QED) is 0.894. The second kappa shape index (κ2) is 6.04. The monoisotopic (exact) mass is 343 g/mol. The molecule has 1 saturated heterocycles. The van der Waals surface area contributed by atoms with Crippen LogP contribution in [0.4, 0.5) is 0 Å². The third kappa shape index (κ3) is 2.93. The number of hydrogen-bond donors (Lipinski definition) is 1. The van der Waals surface area contributed by atoms with Gasteiger partial charge in [0.05, 0.1) is 32.4 Å². The van der Waals surface area contributed by atoms with Gasteiger partial charge < -0.3 is 18.7 Å². The number of nitrogens with zero attached hydrogens (tertiary/aromatic N) is 3. The maximum Gasteiger partial charge on any atom is 0.283 e. The van der Waals surface area contributed by atoms with E-state index in [-0.39, 0.29) is 12.6 Å². The Bertz CT molecular complexity index is 571. The van der Waals surface area contributed by atoms with Crippen LogP contribution in [0.1, 0.15) is 5.89 Å².